The number of hydrogen-bond donors (Lipinski definition) is 2. The van der Waals surface area contributed by atoms with E-state index in [2.05, 4.69) is 15.2 Å². The maximum atomic E-state index is 12.1. The van der Waals surface area contributed by atoms with Crippen LogP contribution >= 0.6 is 11.8 Å². The molecular formula is C12H20N4O3S. The second-order valence-corrected chi connectivity index (χ2v) is 5.51. The Morgan fingerprint density at radius 2 is 2.35 bits per heavy atom. The number of nitrogens with one attached hydrogen (secondary N) is 1. The molecule has 1 aliphatic rings. The van der Waals surface area contributed by atoms with Gasteiger partial charge in [0.05, 0.1) is 11.9 Å². The van der Waals surface area contributed by atoms with Crippen LogP contribution in [0.1, 0.15) is 19.7 Å². The zero-order valence-electron chi connectivity index (χ0n) is 11.7. The fourth-order valence-electron chi connectivity index (χ4n) is 2.06. The second-order valence-electron chi connectivity index (χ2n) is 4.57. The third kappa shape index (κ3) is 3.71. The fourth-order valence-corrected chi connectivity index (χ4v) is 2.78. The number of aryl methyl sites for hydroxylation is 1. The number of H-pyrrole nitrogens is 1. The molecule has 0 spiro atoms. The van der Waals surface area contributed by atoms with E-state index in [0.717, 1.165) is 12.2 Å². The van der Waals surface area contributed by atoms with Crippen LogP contribution in [0.2, 0.25) is 0 Å². The molecule has 2 rings (SSSR count). The minimum absolute atomic E-state index is 0.0286. The monoisotopic (exact) mass is 300 g/mol. The maximum absolute atomic E-state index is 12.1. The molecule has 0 unspecified atom stereocenters. The number of carbonyl (C=O) groups excluding carboxylic acids is 1. The van der Waals surface area contributed by atoms with Gasteiger partial charge in [0.1, 0.15) is 11.9 Å². The van der Waals surface area contributed by atoms with Crippen molar-refractivity contribution in [2.24, 2.45) is 0 Å². The molecule has 2 heterocycles. The number of aliphatic hydroxyl groups is 1. The number of aromatic nitrogens is 3. The molecule has 1 fully saturated rings. The normalized spacial score (nSPS) is 22.4. The number of hydrogen-bond acceptors (Lipinski definition) is 6. The Kier molecular flexibility index (Phi) is 5.38. The van der Waals surface area contributed by atoms with E-state index < -0.39 is 6.10 Å². The van der Waals surface area contributed by atoms with Crippen molar-refractivity contribution in [3.63, 3.8) is 0 Å². The van der Waals surface area contributed by atoms with Gasteiger partial charge in [-0.05, 0) is 6.92 Å². The highest BCUT2D eigenvalue weighted by Crippen LogP contribution is 2.18. The number of likely N-dealkylation sites (tertiary alicyclic amines) is 1. The predicted octanol–water partition coefficient (Wildman–Crippen LogP) is 0.0674. The van der Waals surface area contributed by atoms with Gasteiger partial charge in [0.2, 0.25) is 11.1 Å². The summed E-state index contributed by atoms with van der Waals surface area (Å²) in [5.41, 5.74) is 0. The van der Waals surface area contributed by atoms with E-state index in [1.807, 2.05) is 13.8 Å². The van der Waals surface area contributed by atoms with E-state index in [9.17, 15) is 9.90 Å². The molecule has 1 aliphatic heterocycles. The van der Waals surface area contributed by atoms with Crippen molar-refractivity contribution in [1.82, 2.24) is 20.1 Å². The summed E-state index contributed by atoms with van der Waals surface area (Å²) < 4.78 is 5.40. The number of ether oxygens (including phenoxy) is 1. The van der Waals surface area contributed by atoms with Gasteiger partial charge in [-0.1, -0.05) is 18.7 Å². The quantitative estimate of drug-likeness (QED) is 0.722. The van der Waals surface area contributed by atoms with Crippen molar-refractivity contribution < 1.29 is 14.6 Å². The average molecular weight is 300 g/mol. The molecule has 20 heavy (non-hydrogen) atoms. The lowest BCUT2D eigenvalue weighted by Gasteiger charge is -2.15. The van der Waals surface area contributed by atoms with E-state index in [1.54, 1.807) is 4.90 Å². The summed E-state index contributed by atoms with van der Waals surface area (Å²) in [6.45, 7) is 5.18. The van der Waals surface area contributed by atoms with Crippen LogP contribution < -0.4 is 0 Å². The molecule has 1 aromatic heterocycles. The summed E-state index contributed by atoms with van der Waals surface area (Å²) in [6.07, 6.45) is -0.0844. The van der Waals surface area contributed by atoms with Crippen LogP contribution in [0.3, 0.4) is 0 Å². The number of β-amino-alcohol motifs (C(OH)–C–C–N with tert-alkyl or cyclic N) is 1. The summed E-state index contributed by atoms with van der Waals surface area (Å²) in [7, 11) is 0. The van der Waals surface area contributed by atoms with Crippen molar-refractivity contribution in [3.8, 4) is 0 Å². The Hall–Kier alpha value is -1.12. The topological polar surface area (TPSA) is 91.3 Å². The molecule has 0 saturated carbocycles. The third-order valence-electron chi connectivity index (χ3n) is 3.14. The van der Waals surface area contributed by atoms with Crippen LogP contribution in [0.15, 0.2) is 5.16 Å². The number of rotatable bonds is 6. The highest BCUT2D eigenvalue weighted by atomic mass is 32.2. The number of aliphatic hydroxyl groups excluding tert-OH is 1. The largest absolute Gasteiger partial charge is 0.388 e. The van der Waals surface area contributed by atoms with E-state index in [4.69, 9.17) is 4.74 Å². The molecule has 1 amide bonds. The molecule has 0 radical (unpaired) electrons. The first-order valence-corrected chi connectivity index (χ1v) is 7.74. The second kappa shape index (κ2) is 7.05. The van der Waals surface area contributed by atoms with Crippen LogP contribution in [0.25, 0.3) is 0 Å². The van der Waals surface area contributed by atoms with Crippen LogP contribution in [-0.2, 0) is 16.0 Å². The molecule has 0 aliphatic carbocycles. The van der Waals surface area contributed by atoms with E-state index in [-0.39, 0.29) is 17.8 Å². The van der Waals surface area contributed by atoms with Gasteiger partial charge in [-0.25, -0.2) is 4.98 Å². The molecular weight excluding hydrogens is 280 g/mol. The molecule has 0 aromatic carbocycles. The van der Waals surface area contributed by atoms with Crippen LogP contribution in [0.5, 0.6) is 0 Å². The van der Waals surface area contributed by atoms with Crippen molar-refractivity contribution >= 4 is 17.7 Å². The first kappa shape index (κ1) is 15.3. The van der Waals surface area contributed by atoms with Gasteiger partial charge in [-0.15, -0.1) is 5.10 Å². The van der Waals surface area contributed by atoms with E-state index in [0.29, 0.717) is 24.9 Å². The van der Waals surface area contributed by atoms with Gasteiger partial charge in [0.15, 0.2) is 0 Å². The fraction of sp³-hybridized carbons (Fsp3) is 0.750. The van der Waals surface area contributed by atoms with Crippen LogP contribution in [0, 0.1) is 0 Å². The Balaban J connectivity index is 1.80. The van der Waals surface area contributed by atoms with Crippen molar-refractivity contribution in [2.45, 2.75) is 37.6 Å². The number of amides is 1. The smallest absolute Gasteiger partial charge is 0.233 e. The summed E-state index contributed by atoms with van der Waals surface area (Å²) in [5, 5.41) is 17.2. The maximum Gasteiger partial charge on any atom is 0.233 e. The van der Waals surface area contributed by atoms with Gasteiger partial charge in [-0.2, -0.15) is 0 Å². The molecule has 7 nitrogen and oxygen atoms in total. The molecule has 2 N–H and O–H groups in total. The molecule has 112 valence electrons. The highest BCUT2D eigenvalue weighted by Gasteiger charge is 2.34. The number of aromatic amines is 1. The summed E-state index contributed by atoms with van der Waals surface area (Å²) in [4.78, 5) is 17.9. The summed E-state index contributed by atoms with van der Waals surface area (Å²) >= 11 is 1.30. The molecule has 1 saturated heterocycles. The van der Waals surface area contributed by atoms with Crippen LogP contribution in [-0.4, -0.2) is 68.8 Å². The Bertz CT molecular complexity index is 454. The van der Waals surface area contributed by atoms with Gasteiger partial charge in [0, 0.05) is 26.1 Å². The first-order chi connectivity index (χ1) is 9.63. The Morgan fingerprint density at radius 3 is 3.00 bits per heavy atom. The minimum atomic E-state index is -0.598. The Labute approximate surface area is 122 Å². The summed E-state index contributed by atoms with van der Waals surface area (Å²) in [6, 6.07) is 0. The standard InChI is InChI=1S/C12H20N4O3S/c1-3-10-13-12(15-14-10)20-7-11(18)16-5-8(17)9(6-16)19-4-2/h8-9,17H,3-7H2,1-2H3,(H,13,14,15)/t8-,9-/m0/s1. The van der Waals surface area contributed by atoms with Gasteiger partial charge in [-0.3, -0.25) is 9.89 Å². The molecule has 8 heteroatoms. The van der Waals surface area contributed by atoms with Gasteiger partial charge >= 0.3 is 0 Å². The zero-order chi connectivity index (χ0) is 14.5. The molecule has 0 bridgehead atoms. The number of nitrogens with zero attached hydrogens (tertiary/aromatic N) is 3. The predicted molar refractivity (Wildman–Crippen MR) is 74.5 cm³/mol. The SMILES string of the molecule is CCO[C@H]1CN(C(=O)CSc2n[nH]c(CC)n2)C[C@@H]1O. The van der Waals surface area contributed by atoms with Crippen LogP contribution in [0.4, 0.5) is 0 Å². The summed E-state index contributed by atoms with van der Waals surface area (Å²) in [5.74, 6) is 1.05. The van der Waals surface area contributed by atoms with E-state index >= 15 is 0 Å². The van der Waals surface area contributed by atoms with Crippen molar-refractivity contribution in [1.29, 1.82) is 0 Å². The van der Waals surface area contributed by atoms with Gasteiger partial charge in [0.25, 0.3) is 0 Å². The lowest BCUT2D eigenvalue weighted by molar-refractivity contribution is -0.127. The average Bonchev–Trinajstić information content (AvgIpc) is 3.04. The van der Waals surface area contributed by atoms with E-state index in [1.165, 1.54) is 11.8 Å². The zero-order valence-corrected chi connectivity index (χ0v) is 12.5. The van der Waals surface area contributed by atoms with Crippen molar-refractivity contribution in [2.75, 3.05) is 25.4 Å². The van der Waals surface area contributed by atoms with Crippen molar-refractivity contribution in [3.05, 3.63) is 5.82 Å². The van der Waals surface area contributed by atoms with Gasteiger partial charge < -0.3 is 14.7 Å². The first-order valence-electron chi connectivity index (χ1n) is 6.75. The highest BCUT2D eigenvalue weighted by molar-refractivity contribution is 7.99. The minimum Gasteiger partial charge on any atom is -0.388 e. The third-order valence-corrected chi connectivity index (χ3v) is 3.97. The number of carbonyl (C=O) groups is 1. The number of thioether (sulfide) groups is 1. The lowest BCUT2D eigenvalue weighted by Crippen LogP contribution is -2.31. The molecule has 2 atom stereocenters. The molecule has 1 aromatic rings. The lowest BCUT2D eigenvalue weighted by atomic mass is 10.3. The Morgan fingerprint density at radius 1 is 1.55 bits per heavy atom.